The molecule has 3 heteroatoms. The van der Waals surface area contributed by atoms with Crippen LogP contribution in [0, 0.1) is 20.8 Å². The Labute approximate surface area is 101 Å². The van der Waals surface area contributed by atoms with Crippen LogP contribution in [-0.2, 0) is 0 Å². The van der Waals surface area contributed by atoms with Crippen LogP contribution in [0.15, 0.2) is 35.1 Å². The Morgan fingerprint density at radius 1 is 1.06 bits per heavy atom. The zero-order valence-corrected chi connectivity index (χ0v) is 10.3. The SMILES string of the molecule is Cc1c(N)cccc1-n1c(C)cc(=O)cc1C. The molecule has 0 radical (unpaired) electrons. The summed E-state index contributed by atoms with van der Waals surface area (Å²) in [5, 5.41) is 0. The molecule has 1 aromatic carbocycles. The first-order valence-electron chi connectivity index (χ1n) is 5.56. The Morgan fingerprint density at radius 3 is 2.24 bits per heavy atom. The fourth-order valence-electron chi connectivity index (χ4n) is 2.12. The highest BCUT2D eigenvalue weighted by molar-refractivity contribution is 5.57. The van der Waals surface area contributed by atoms with Gasteiger partial charge in [0.1, 0.15) is 0 Å². The van der Waals surface area contributed by atoms with Crippen molar-refractivity contribution < 1.29 is 0 Å². The first-order chi connectivity index (χ1) is 8.00. The van der Waals surface area contributed by atoms with E-state index >= 15 is 0 Å². The second-order valence-corrected chi connectivity index (χ2v) is 4.30. The molecule has 0 aliphatic rings. The second-order valence-electron chi connectivity index (χ2n) is 4.30. The van der Waals surface area contributed by atoms with E-state index in [-0.39, 0.29) is 5.43 Å². The van der Waals surface area contributed by atoms with Gasteiger partial charge in [0.2, 0.25) is 0 Å². The Bertz CT molecular complexity index is 600. The van der Waals surface area contributed by atoms with Crippen LogP contribution in [0.4, 0.5) is 5.69 Å². The molecule has 0 unspecified atom stereocenters. The molecule has 0 fully saturated rings. The number of nitrogens with two attached hydrogens (primary N) is 1. The third kappa shape index (κ3) is 1.96. The molecule has 17 heavy (non-hydrogen) atoms. The van der Waals surface area contributed by atoms with Crippen molar-refractivity contribution in [3.63, 3.8) is 0 Å². The van der Waals surface area contributed by atoms with Crippen molar-refractivity contribution in [2.24, 2.45) is 0 Å². The molecular formula is C14H16N2O. The van der Waals surface area contributed by atoms with Crippen molar-refractivity contribution in [2.75, 3.05) is 5.73 Å². The van der Waals surface area contributed by atoms with Gasteiger partial charge in [-0.3, -0.25) is 4.79 Å². The molecule has 1 heterocycles. The third-order valence-corrected chi connectivity index (χ3v) is 3.00. The van der Waals surface area contributed by atoms with Gasteiger partial charge in [-0.25, -0.2) is 0 Å². The lowest BCUT2D eigenvalue weighted by Crippen LogP contribution is -2.12. The van der Waals surface area contributed by atoms with Crippen LogP contribution in [0.2, 0.25) is 0 Å². The number of aromatic nitrogens is 1. The zero-order valence-electron chi connectivity index (χ0n) is 10.3. The Kier molecular flexibility index (Phi) is 2.76. The zero-order chi connectivity index (χ0) is 12.6. The average molecular weight is 228 g/mol. The van der Waals surface area contributed by atoms with Gasteiger partial charge in [0.05, 0.1) is 5.69 Å². The highest BCUT2D eigenvalue weighted by Crippen LogP contribution is 2.21. The van der Waals surface area contributed by atoms with E-state index < -0.39 is 0 Å². The summed E-state index contributed by atoms with van der Waals surface area (Å²) in [5.41, 5.74) is 10.6. The summed E-state index contributed by atoms with van der Waals surface area (Å²) >= 11 is 0. The summed E-state index contributed by atoms with van der Waals surface area (Å²) < 4.78 is 2.05. The Balaban J connectivity index is 2.77. The lowest BCUT2D eigenvalue weighted by molar-refractivity contribution is 0.914. The number of anilines is 1. The van der Waals surface area contributed by atoms with Crippen molar-refractivity contribution in [3.8, 4) is 5.69 Å². The van der Waals surface area contributed by atoms with Crippen LogP contribution in [-0.4, -0.2) is 4.57 Å². The maximum absolute atomic E-state index is 11.4. The number of pyridine rings is 1. The van der Waals surface area contributed by atoms with Crippen molar-refractivity contribution in [3.05, 3.63) is 57.5 Å². The van der Waals surface area contributed by atoms with Crippen LogP contribution < -0.4 is 11.2 Å². The molecule has 2 N–H and O–H groups in total. The molecule has 0 aliphatic carbocycles. The monoisotopic (exact) mass is 228 g/mol. The van der Waals surface area contributed by atoms with Crippen LogP contribution in [0.25, 0.3) is 5.69 Å². The number of aryl methyl sites for hydroxylation is 2. The van der Waals surface area contributed by atoms with E-state index in [1.807, 2.05) is 43.5 Å². The standard InChI is InChI=1S/C14H16N2O/c1-9-7-12(17)8-10(2)16(9)14-6-4-5-13(15)11(14)3/h4-8H,15H2,1-3H3. The third-order valence-electron chi connectivity index (χ3n) is 3.00. The summed E-state index contributed by atoms with van der Waals surface area (Å²) in [6, 6.07) is 9.09. The second kappa shape index (κ2) is 4.09. The molecule has 1 aromatic heterocycles. The first-order valence-corrected chi connectivity index (χ1v) is 5.56. The first kappa shape index (κ1) is 11.5. The fourth-order valence-corrected chi connectivity index (χ4v) is 2.12. The minimum absolute atomic E-state index is 0.0396. The number of nitrogen functional groups attached to an aromatic ring is 1. The number of rotatable bonds is 1. The van der Waals surface area contributed by atoms with Gasteiger partial charge in [0.15, 0.2) is 5.43 Å². The fraction of sp³-hybridized carbons (Fsp3) is 0.214. The largest absolute Gasteiger partial charge is 0.398 e. The van der Waals surface area contributed by atoms with Gasteiger partial charge in [-0.05, 0) is 38.5 Å². The maximum atomic E-state index is 11.4. The topological polar surface area (TPSA) is 48.0 Å². The van der Waals surface area contributed by atoms with Crippen molar-refractivity contribution in [1.29, 1.82) is 0 Å². The van der Waals surface area contributed by atoms with Gasteiger partial charge in [-0.2, -0.15) is 0 Å². The van der Waals surface area contributed by atoms with Gasteiger partial charge < -0.3 is 10.3 Å². The van der Waals surface area contributed by atoms with Crippen LogP contribution >= 0.6 is 0 Å². The van der Waals surface area contributed by atoms with Crippen LogP contribution in [0.3, 0.4) is 0 Å². The highest BCUT2D eigenvalue weighted by atomic mass is 16.1. The number of nitrogens with zero attached hydrogens (tertiary/aromatic N) is 1. The van der Waals surface area contributed by atoms with E-state index in [0.29, 0.717) is 0 Å². The summed E-state index contributed by atoms with van der Waals surface area (Å²) in [6.07, 6.45) is 0. The van der Waals surface area contributed by atoms with E-state index in [4.69, 9.17) is 5.73 Å². The summed E-state index contributed by atoms with van der Waals surface area (Å²) in [6.45, 7) is 5.84. The molecule has 2 rings (SSSR count). The minimum Gasteiger partial charge on any atom is -0.398 e. The number of hydrogen-bond donors (Lipinski definition) is 1. The molecule has 0 amide bonds. The molecule has 0 atom stereocenters. The normalized spacial score (nSPS) is 10.5. The van der Waals surface area contributed by atoms with Gasteiger partial charge in [-0.15, -0.1) is 0 Å². The molecule has 2 aromatic rings. The smallest absolute Gasteiger partial charge is 0.182 e. The molecule has 3 nitrogen and oxygen atoms in total. The van der Waals surface area contributed by atoms with E-state index in [9.17, 15) is 4.79 Å². The molecular weight excluding hydrogens is 212 g/mol. The Hall–Kier alpha value is -2.03. The van der Waals surface area contributed by atoms with E-state index in [0.717, 1.165) is 28.3 Å². The summed E-state index contributed by atoms with van der Waals surface area (Å²) in [4.78, 5) is 11.4. The van der Waals surface area contributed by atoms with E-state index in [2.05, 4.69) is 0 Å². The van der Waals surface area contributed by atoms with Crippen molar-refractivity contribution in [1.82, 2.24) is 4.57 Å². The van der Waals surface area contributed by atoms with E-state index in [1.165, 1.54) is 0 Å². The molecule has 88 valence electrons. The molecule has 0 bridgehead atoms. The van der Waals surface area contributed by atoms with Gasteiger partial charge >= 0.3 is 0 Å². The predicted molar refractivity (Wildman–Crippen MR) is 70.7 cm³/mol. The predicted octanol–water partition coefficient (Wildman–Crippen LogP) is 2.34. The Morgan fingerprint density at radius 2 is 1.65 bits per heavy atom. The molecule has 0 saturated heterocycles. The quantitative estimate of drug-likeness (QED) is 0.761. The van der Waals surface area contributed by atoms with Crippen molar-refractivity contribution >= 4 is 5.69 Å². The average Bonchev–Trinajstić information content (AvgIpc) is 2.23. The molecule has 0 aliphatic heterocycles. The van der Waals surface area contributed by atoms with Crippen LogP contribution in [0.1, 0.15) is 17.0 Å². The molecule has 0 spiro atoms. The van der Waals surface area contributed by atoms with E-state index in [1.54, 1.807) is 12.1 Å². The molecule has 0 saturated carbocycles. The van der Waals surface area contributed by atoms with Gasteiger partial charge in [0, 0.05) is 29.2 Å². The highest BCUT2D eigenvalue weighted by Gasteiger charge is 2.07. The van der Waals surface area contributed by atoms with Gasteiger partial charge in [0.25, 0.3) is 0 Å². The maximum Gasteiger partial charge on any atom is 0.182 e. The number of benzene rings is 1. The van der Waals surface area contributed by atoms with Crippen LogP contribution in [0.5, 0.6) is 0 Å². The number of hydrogen-bond acceptors (Lipinski definition) is 2. The minimum atomic E-state index is 0.0396. The lowest BCUT2D eigenvalue weighted by atomic mass is 10.1. The lowest BCUT2D eigenvalue weighted by Gasteiger charge is -2.17. The van der Waals surface area contributed by atoms with Gasteiger partial charge in [-0.1, -0.05) is 6.07 Å². The summed E-state index contributed by atoms with van der Waals surface area (Å²) in [7, 11) is 0. The van der Waals surface area contributed by atoms with Crippen molar-refractivity contribution in [2.45, 2.75) is 20.8 Å². The summed E-state index contributed by atoms with van der Waals surface area (Å²) in [5.74, 6) is 0.